The van der Waals surface area contributed by atoms with Gasteiger partial charge in [-0.3, -0.25) is 4.79 Å². The van der Waals surface area contributed by atoms with Gasteiger partial charge in [-0.05, 0) is 56.3 Å². The van der Waals surface area contributed by atoms with Gasteiger partial charge in [-0.1, -0.05) is 15.9 Å². The quantitative estimate of drug-likeness (QED) is 0.819. The molecule has 3 rings (SSSR count). The van der Waals surface area contributed by atoms with Gasteiger partial charge in [-0.25, -0.2) is 4.39 Å². The number of hydrogen-bond donors (Lipinski definition) is 1. The number of piperidine rings is 1. The Morgan fingerprint density at radius 3 is 2.70 bits per heavy atom. The van der Waals surface area contributed by atoms with Crippen molar-refractivity contribution in [2.75, 3.05) is 26.2 Å². The molecule has 0 bridgehead atoms. The van der Waals surface area contributed by atoms with Gasteiger partial charge in [-0.2, -0.15) is 0 Å². The Morgan fingerprint density at radius 2 is 2.04 bits per heavy atom. The maximum atomic E-state index is 13.7. The molecule has 0 aromatic heterocycles. The SMILES string of the molecule is O=C(COc1ccc(Br)cc1F)N1CCC(NCC2CC2)CC1. The molecule has 23 heavy (non-hydrogen) atoms. The molecule has 1 saturated heterocycles. The molecule has 2 fully saturated rings. The van der Waals surface area contributed by atoms with Crippen molar-refractivity contribution in [3.8, 4) is 5.75 Å². The summed E-state index contributed by atoms with van der Waals surface area (Å²) in [5.41, 5.74) is 0. The predicted octanol–water partition coefficient (Wildman–Crippen LogP) is 2.96. The van der Waals surface area contributed by atoms with Crippen molar-refractivity contribution < 1.29 is 13.9 Å². The van der Waals surface area contributed by atoms with Gasteiger partial charge in [0.25, 0.3) is 5.91 Å². The van der Waals surface area contributed by atoms with Crippen LogP contribution in [0.2, 0.25) is 0 Å². The molecular weight excluding hydrogens is 363 g/mol. The number of carbonyl (C=O) groups is 1. The molecule has 0 radical (unpaired) electrons. The Labute approximate surface area is 144 Å². The van der Waals surface area contributed by atoms with Gasteiger partial charge in [0.2, 0.25) is 0 Å². The van der Waals surface area contributed by atoms with E-state index in [4.69, 9.17) is 4.74 Å². The van der Waals surface area contributed by atoms with E-state index < -0.39 is 5.82 Å². The molecule has 1 amide bonds. The van der Waals surface area contributed by atoms with Crippen molar-refractivity contribution in [1.29, 1.82) is 0 Å². The Kier molecular flexibility index (Phi) is 5.54. The minimum Gasteiger partial charge on any atom is -0.481 e. The molecule has 1 aromatic carbocycles. The number of benzene rings is 1. The van der Waals surface area contributed by atoms with E-state index >= 15 is 0 Å². The highest BCUT2D eigenvalue weighted by Crippen LogP contribution is 2.28. The monoisotopic (exact) mass is 384 g/mol. The first-order valence-corrected chi connectivity index (χ1v) is 9.00. The van der Waals surface area contributed by atoms with Crippen molar-refractivity contribution >= 4 is 21.8 Å². The van der Waals surface area contributed by atoms with Crippen molar-refractivity contribution in [3.05, 3.63) is 28.5 Å². The molecule has 6 heteroatoms. The van der Waals surface area contributed by atoms with Crippen LogP contribution >= 0.6 is 15.9 Å². The number of ether oxygens (including phenoxy) is 1. The highest BCUT2D eigenvalue weighted by atomic mass is 79.9. The summed E-state index contributed by atoms with van der Waals surface area (Å²) in [6.07, 6.45) is 4.67. The molecule has 1 aromatic rings. The summed E-state index contributed by atoms with van der Waals surface area (Å²) >= 11 is 3.19. The second-order valence-corrected chi connectivity index (χ2v) is 7.29. The molecule has 1 N–H and O–H groups in total. The van der Waals surface area contributed by atoms with Crippen LogP contribution in [0.4, 0.5) is 4.39 Å². The van der Waals surface area contributed by atoms with Gasteiger partial charge < -0.3 is 15.0 Å². The first-order chi connectivity index (χ1) is 11.1. The number of halogens is 2. The maximum Gasteiger partial charge on any atom is 0.260 e. The van der Waals surface area contributed by atoms with Gasteiger partial charge >= 0.3 is 0 Å². The van der Waals surface area contributed by atoms with Crippen molar-refractivity contribution in [3.63, 3.8) is 0 Å². The van der Waals surface area contributed by atoms with E-state index in [1.165, 1.54) is 25.0 Å². The molecule has 1 heterocycles. The van der Waals surface area contributed by atoms with E-state index in [0.717, 1.165) is 38.4 Å². The van der Waals surface area contributed by atoms with Crippen molar-refractivity contribution in [1.82, 2.24) is 10.2 Å². The lowest BCUT2D eigenvalue weighted by Crippen LogP contribution is -2.46. The van der Waals surface area contributed by atoms with Crippen LogP contribution in [0.25, 0.3) is 0 Å². The molecule has 1 aliphatic carbocycles. The fraction of sp³-hybridized carbons (Fsp3) is 0.588. The summed E-state index contributed by atoms with van der Waals surface area (Å²) in [5.74, 6) is 0.453. The normalized spacial score (nSPS) is 19.0. The summed E-state index contributed by atoms with van der Waals surface area (Å²) < 4.78 is 19.6. The van der Waals surface area contributed by atoms with Gasteiger partial charge in [0.1, 0.15) is 0 Å². The fourth-order valence-corrected chi connectivity index (χ4v) is 3.14. The topological polar surface area (TPSA) is 41.6 Å². The van der Waals surface area contributed by atoms with Crippen LogP contribution in [0, 0.1) is 11.7 Å². The summed E-state index contributed by atoms with van der Waals surface area (Å²) in [6, 6.07) is 5.07. The van der Waals surface area contributed by atoms with Crippen LogP contribution in [0.3, 0.4) is 0 Å². The van der Waals surface area contributed by atoms with E-state index in [1.807, 2.05) is 4.90 Å². The third-order valence-electron chi connectivity index (χ3n) is 4.48. The lowest BCUT2D eigenvalue weighted by atomic mass is 10.0. The van der Waals surface area contributed by atoms with Gasteiger partial charge in [-0.15, -0.1) is 0 Å². The van der Waals surface area contributed by atoms with Crippen LogP contribution in [-0.2, 0) is 4.79 Å². The molecule has 4 nitrogen and oxygen atoms in total. The third kappa shape index (κ3) is 4.91. The highest BCUT2D eigenvalue weighted by Gasteiger charge is 2.26. The number of nitrogens with one attached hydrogen (secondary N) is 1. The minimum atomic E-state index is -0.463. The van der Waals surface area contributed by atoms with Crippen LogP contribution in [0.5, 0.6) is 5.75 Å². The first-order valence-electron chi connectivity index (χ1n) is 8.21. The number of likely N-dealkylation sites (tertiary alicyclic amines) is 1. The van der Waals surface area contributed by atoms with Crippen LogP contribution in [-0.4, -0.2) is 43.1 Å². The van der Waals surface area contributed by atoms with E-state index in [1.54, 1.807) is 6.07 Å². The Hall–Kier alpha value is -1.14. The Morgan fingerprint density at radius 1 is 1.30 bits per heavy atom. The maximum absolute atomic E-state index is 13.7. The van der Waals surface area contributed by atoms with Crippen LogP contribution in [0.1, 0.15) is 25.7 Å². The van der Waals surface area contributed by atoms with E-state index in [2.05, 4.69) is 21.2 Å². The summed E-state index contributed by atoms with van der Waals surface area (Å²) in [7, 11) is 0. The zero-order valence-corrected chi connectivity index (χ0v) is 14.6. The van der Waals surface area contributed by atoms with E-state index in [9.17, 15) is 9.18 Å². The van der Waals surface area contributed by atoms with Crippen molar-refractivity contribution in [2.24, 2.45) is 5.92 Å². The lowest BCUT2D eigenvalue weighted by molar-refractivity contribution is -0.134. The number of nitrogens with zero attached hydrogens (tertiary/aromatic N) is 1. The zero-order chi connectivity index (χ0) is 16.2. The summed E-state index contributed by atoms with van der Waals surface area (Å²) in [4.78, 5) is 14.0. The first kappa shape index (κ1) is 16.7. The number of hydrogen-bond acceptors (Lipinski definition) is 3. The average molecular weight is 385 g/mol. The molecular formula is C17H22BrFN2O2. The second-order valence-electron chi connectivity index (χ2n) is 6.37. The smallest absolute Gasteiger partial charge is 0.260 e. The van der Waals surface area contributed by atoms with Crippen molar-refractivity contribution in [2.45, 2.75) is 31.7 Å². The Bertz CT molecular complexity index is 558. The molecule has 126 valence electrons. The molecule has 0 atom stereocenters. The summed E-state index contributed by atoms with van der Waals surface area (Å²) in [5, 5.41) is 3.59. The third-order valence-corrected chi connectivity index (χ3v) is 4.98. The zero-order valence-electron chi connectivity index (χ0n) is 13.1. The summed E-state index contributed by atoms with van der Waals surface area (Å²) in [6.45, 7) is 2.49. The molecule has 0 spiro atoms. The molecule has 1 aliphatic heterocycles. The number of carbonyl (C=O) groups excluding carboxylic acids is 1. The van der Waals surface area contributed by atoms with Crippen LogP contribution in [0.15, 0.2) is 22.7 Å². The molecule has 1 saturated carbocycles. The molecule has 2 aliphatic rings. The van der Waals surface area contributed by atoms with Crippen LogP contribution < -0.4 is 10.1 Å². The van der Waals surface area contributed by atoms with Gasteiger partial charge in [0.05, 0.1) is 0 Å². The second kappa shape index (κ2) is 7.62. The standard InChI is InChI=1S/C17H22BrFN2O2/c18-13-3-4-16(15(19)9-13)23-11-17(22)21-7-5-14(6-8-21)20-10-12-1-2-12/h3-4,9,12,14,20H,1-2,5-8,10-11H2. The van der Waals surface area contributed by atoms with E-state index in [0.29, 0.717) is 10.5 Å². The predicted molar refractivity (Wildman–Crippen MR) is 89.9 cm³/mol. The van der Waals surface area contributed by atoms with Gasteiger partial charge in [0.15, 0.2) is 18.2 Å². The highest BCUT2D eigenvalue weighted by molar-refractivity contribution is 9.10. The molecule has 0 unspecified atom stereocenters. The van der Waals surface area contributed by atoms with E-state index in [-0.39, 0.29) is 18.3 Å². The Balaban J connectivity index is 1.40. The minimum absolute atomic E-state index is 0.0760. The number of amides is 1. The lowest BCUT2D eigenvalue weighted by Gasteiger charge is -2.32. The fourth-order valence-electron chi connectivity index (χ4n) is 2.81. The largest absolute Gasteiger partial charge is 0.481 e. The number of rotatable bonds is 6. The van der Waals surface area contributed by atoms with Gasteiger partial charge in [0, 0.05) is 23.6 Å². The average Bonchev–Trinajstić information content (AvgIpc) is 3.37.